The van der Waals surface area contributed by atoms with E-state index in [1.165, 1.54) is 18.3 Å². The predicted molar refractivity (Wildman–Crippen MR) is 57.1 cm³/mol. The first-order valence-corrected chi connectivity index (χ1v) is 5.54. The monoisotopic (exact) mass is 276 g/mol. The Hall–Kier alpha value is -1.67. The fourth-order valence-electron chi connectivity index (χ4n) is 1.34. The van der Waals surface area contributed by atoms with Gasteiger partial charge in [-0.05, 0) is 29.2 Å². The van der Waals surface area contributed by atoms with Gasteiger partial charge in [-0.15, -0.1) is 18.3 Å². The molecule has 0 aliphatic rings. The summed E-state index contributed by atoms with van der Waals surface area (Å²) in [5.41, 5.74) is 0.280. The van der Waals surface area contributed by atoms with Crippen LogP contribution in [0.3, 0.4) is 0 Å². The van der Waals surface area contributed by atoms with Crippen molar-refractivity contribution >= 4 is 11.5 Å². The quantitative estimate of drug-likeness (QED) is 0.936. The van der Waals surface area contributed by atoms with E-state index in [4.69, 9.17) is 0 Å². The van der Waals surface area contributed by atoms with Gasteiger partial charge in [0.15, 0.2) is 0 Å². The van der Waals surface area contributed by atoms with Gasteiger partial charge in [-0.1, -0.05) is 16.6 Å². The van der Waals surface area contributed by atoms with Crippen molar-refractivity contribution < 1.29 is 23.0 Å². The summed E-state index contributed by atoms with van der Waals surface area (Å²) >= 11 is 0.971. The van der Waals surface area contributed by atoms with Crippen molar-refractivity contribution in [2.24, 2.45) is 0 Å². The number of benzene rings is 1. The molecule has 4 nitrogen and oxygen atoms in total. The number of hydrogen-bond donors (Lipinski definition) is 1. The molecular weight excluding hydrogens is 269 g/mol. The van der Waals surface area contributed by atoms with E-state index in [1.54, 1.807) is 0 Å². The second-order valence-electron chi connectivity index (χ2n) is 3.34. The largest absolute Gasteiger partial charge is 0.573 e. The van der Waals surface area contributed by atoms with Crippen LogP contribution in [-0.4, -0.2) is 21.1 Å². The molecule has 1 aromatic heterocycles. The second kappa shape index (κ2) is 4.91. The van der Waals surface area contributed by atoms with Gasteiger partial charge < -0.3 is 9.84 Å². The molecule has 1 heterocycles. The Labute approximate surface area is 104 Å². The lowest BCUT2D eigenvalue weighted by Crippen LogP contribution is -2.17. The molecule has 2 aromatic rings. The average Bonchev–Trinajstić information content (AvgIpc) is 2.79. The lowest BCUT2D eigenvalue weighted by Gasteiger charge is -2.12. The number of halogens is 3. The first-order valence-electron chi connectivity index (χ1n) is 4.77. The molecule has 1 unspecified atom stereocenters. The maximum absolute atomic E-state index is 12.0. The summed E-state index contributed by atoms with van der Waals surface area (Å²) in [7, 11) is 0. The molecule has 8 heteroatoms. The first-order chi connectivity index (χ1) is 8.46. The van der Waals surface area contributed by atoms with E-state index in [2.05, 4.69) is 14.3 Å². The zero-order valence-electron chi connectivity index (χ0n) is 8.76. The fourth-order valence-corrected chi connectivity index (χ4v) is 1.86. The summed E-state index contributed by atoms with van der Waals surface area (Å²) in [6.07, 6.45) is -4.47. The molecule has 0 bridgehead atoms. The van der Waals surface area contributed by atoms with Crippen LogP contribution in [-0.2, 0) is 0 Å². The van der Waals surface area contributed by atoms with Crippen LogP contribution >= 0.6 is 11.5 Å². The molecule has 0 aliphatic carbocycles. The summed E-state index contributed by atoms with van der Waals surface area (Å²) in [4.78, 5) is 0.444. The van der Waals surface area contributed by atoms with Crippen LogP contribution in [0.25, 0.3) is 0 Å². The Balaban J connectivity index is 2.22. The molecule has 1 N–H and O–H groups in total. The van der Waals surface area contributed by atoms with E-state index in [0.29, 0.717) is 4.88 Å². The van der Waals surface area contributed by atoms with Gasteiger partial charge in [0.25, 0.3) is 0 Å². The van der Waals surface area contributed by atoms with E-state index < -0.39 is 12.5 Å². The Morgan fingerprint density at radius 1 is 1.33 bits per heavy atom. The molecule has 18 heavy (non-hydrogen) atoms. The topological polar surface area (TPSA) is 55.2 Å². The summed E-state index contributed by atoms with van der Waals surface area (Å²) in [6, 6.07) is 5.15. The Morgan fingerprint density at radius 2 is 2.11 bits per heavy atom. The highest BCUT2D eigenvalue weighted by Gasteiger charge is 2.31. The Kier molecular flexibility index (Phi) is 3.48. The molecule has 1 aromatic carbocycles. The molecular formula is C10H7F3N2O2S. The molecule has 0 spiro atoms. The van der Waals surface area contributed by atoms with Crippen LogP contribution < -0.4 is 4.74 Å². The van der Waals surface area contributed by atoms with E-state index in [1.807, 2.05) is 0 Å². The minimum atomic E-state index is -4.75. The van der Waals surface area contributed by atoms with Gasteiger partial charge in [-0.2, -0.15) is 0 Å². The molecule has 0 saturated heterocycles. The zero-order chi connectivity index (χ0) is 13.2. The highest BCUT2D eigenvalue weighted by molar-refractivity contribution is 7.05. The number of alkyl halides is 3. The number of hydrogen-bond acceptors (Lipinski definition) is 5. The van der Waals surface area contributed by atoms with Crippen molar-refractivity contribution in [3.05, 3.63) is 40.9 Å². The predicted octanol–water partition coefficient (Wildman–Crippen LogP) is 2.52. The second-order valence-corrected chi connectivity index (χ2v) is 4.16. The van der Waals surface area contributed by atoms with Gasteiger partial charge in [-0.3, -0.25) is 0 Å². The van der Waals surface area contributed by atoms with Crippen molar-refractivity contribution in [1.82, 2.24) is 9.59 Å². The minimum absolute atomic E-state index is 0.280. The van der Waals surface area contributed by atoms with Crippen molar-refractivity contribution in [1.29, 1.82) is 0 Å². The molecule has 0 aliphatic heterocycles. The van der Waals surface area contributed by atoms with Crippen LogP contribution in [0.15, 0.2) is 30.5 Å². The maximum Gasteiger partial charge on any atom is 0.573 e. The van der Waals surface area contributed by atoms with E-state index in [0.717, 1.165) is 23.7 Å². The van der Waals surface area contributed by atoms with Crippen molar-refractivity contribution in [3.63, 3.8) is 0 Å². The van der Waals surface area contributed by atoms with Gasteiger partial charge in [0, 0.05) is 0 Å². The lowest BCUT2D eigenvalue weighted by molar-refractivity contribution is -0.274. The maximum atomic E-state index is 12.0. The van der Waals surface area contributed by atoms with Crippen LogP contribution in [0.1, 0.15) is 16.5 Å². The molecule has 2 rings (SSSR count). The summed E-state index contributed by atoms with van der Waals surface area (Å²) in [5, 5.41) is 13.4. The highest BCUT2D eigenvalue weighted by atomic mass is 32.1. The Morgan fingerprint density at radius 3 is 2.72 bits per heavy atom. The van der Waals surface area contributed by atoms with Crippen molar-refractivity contribution in [2.45, 2.75) is 12.5 Å². The fraction of sp³-hybridized carbons (Fsp3) is 0.200. The number of aromatic nitrogens is 2. The smallest absolute Gasteiger partial charge is 0.406 e. The third-order valence-corrected chi connectivity index (χ3v) is 2.77. The zero-order valence-corrected chi connectivity index (χ0v) is 9.57. The summed E-state index contributed by atoms with van der Waals surface area (Å²) in [5.74, 6) is -0.378. The van der Waals surface area contributed by atoms with Crippen molar-refractivity contribution in [2.75, 3.05) is 0 Å². The molecule has 0 amide bonds. The summed E-state index contributed by atoms with van der Waals surface area (Å²) in [6.45, 7) is 0. The SMILES string of the molecule is OC(c1cccc(OC(F)(F)F)c1)c1cnns1. The van der Waals surface area contributed by atoms with Crippen LogP contribution in [0.2, 0.25) is 0 Å². The van der Waals surface area contributed by atoms with E-state index >= 15 is 0 Å². The molecule has 0 saturated carbocycles. The van der Waals surface area contributed by atoms with Gasteiger partial charge in [0.2, 0.25) is 0 Å². The minimum Gasteiger partial charge on any atom is -0.406 e. The van der Waals surface area contributed by atoms with Gasteiger partial charge >= 0.3 is 6.36 Å². The number of rotatable bonds is 3. The van der Waals surface area contributed by atoms with Crippen LogP contribution in [0.5, 0.6) is 5.75 Å². The highest BCUT2D eigenvalue weighted by Crippen LogP contribution is 2.28. The standard InChI is InChI=1S/C10H7F3N2O2S/c11-10(12,13)17-7-3-1-2-6(4-7)9(16)8-5-14-15-18-8/h1-5,9,16H. The molecule has 1 atom stereocenters. The Bertz CT molecular complexity index is 516. The molecule has 0 fully saturated rings. The number of nitrogens with zero attached hydrogens (tertiary/aromatic N) is 2. The lowest BCUT2D eigenvalue weighted by atomic mass is 10.1. The number of aliphatic hydroxyl groups excluding tert-OH is 1. The normalized spacial score (nSPS) is 13.3. The average molecular weight is 276 g/mol. The molecule has 0 radical (unpaired) electrons. The third-order valence-electron chi connectivity index (χ3n) is 2.06. The van der Waals surface area contributed by atoms with Crippen LogP contribution in [0, 0.1) is 0 Å². The van der Waals surface area contributed by atoms with Crippen LogP contribution in [0.4, 0.5) is 13.2 Å². The number of aliphatic hydroxyl groups is 1. The molecule has 96 valence electrons. The van der Waals surface area contributed by atoms with Gasteiger partial charge in [0.05, 0.1) is 11.1 Å². The first kappa shape index (κ1) is 12.8. The van der Waals surface area contributed by atoms with Crippen molar-refractivity contribution in [3.8, 4) is 5.75 Å². The van der Waals surface area contributed by atoms with E-state index in [9.17, 15) is 18.3 Å². The third kappa shape index (κ3) is 3.17. The van der Waals surface area contributed by atoms with E-state index in [-0.39, 0.29) is 11.3 Å². The van der Waals surface area contributed by atoms with Gasteiger partial charge in [-0.25, -0.2) is 0 Å². The van der Waals surface area contributed by atoms with Gasteiger partial charge in [0.1, 0.15) is 11.9 Å². The summed E-state index contributed by atoms with van der Waals surface area (Å²) < 4.78 is 43.5. The number of ether oxygens (including phenoxy) is 1.